The van der Waals surface area contributed by atoms with E-state index in [2.05, 4.69) is 15.5 Å². The number of benzene rings is 2. The molecule has 1 N–H and O–H groups in total. The van der Waals surface area contributed by atoms with Crippen LogP contribution in [0.4, 0.5) is 10.5 Å². The summed E-state index contributed by atoms with van der Waals surface area (Å²) in [5, 5.41) is 13.0. The molecule has 6 heteroatoms. The standard InChI is InChI=1S/C20H21N3O3/c1-20(2,3)26-19(24)22-15-8-5-13(6-9-15)18-17-11-16(25-4)10-7-14(17)12-21-23-18/h5-12H,1-4H3,(H,22,24). The highest BCUT2D eigenvalue weighted by Gasteiger charge is 2.16. The minimum atomic E-state index is -0.540. The summed E-state index contributed by atoms with van der Waals surface area (Å²) >= 11 is 0. The van der Waals surface area contributed by atoms with Crippen molar-refractivity contribution in [1.29, 1.82) is 0 Å². The van der Waals surface area contributed by atoms with Crippen molar-refractivity contribution in [2.45, 2.75) is 26.4 Å². The van der Waals surface area contributed by atoms with E-state index in [1.165, 1.54) is 0 Å². The fraction of sp³-hybridized carbons (Fsp3) is 0.250. The number of hydrogen-bond donors (Lipinski definition) is 1. The van der Waals surface area contributed by atoms with Gasteiger partial charge in [-0.05, 0) is 51.1 Å². The maximum Gasteiger partial charge on any atom is 0.412 e. The van der Waals surface area contributed by atoms with Gasteiger partial charge in [0.1, 0.15) is 17.0 Å². The minimum absolute atomic E-state index is 0.486. The van der Waals surface area contributed by atoms with Gasteiger partial charge >= 0.3 is 6.09 Å². The molecule has 1 aromatic heterocycles. The maximum absolute atomic E-state index is 11.9. The summed E-state index contributed by atoms with van der Waals surface area (Å²) in [7, 11) is 1.63. The van der Waals surface area contributed by atoms with Gasteiger partial charge in [-0.25, -0.2) is 4.79 Å². The Morgan fingerprint density at radius 1 is 1.08 bits per heavy atom. The molecule has 134 valence electrons. The van der Waals surface area contributed by atoms with Gasteiger partial charge in [-0.1, -0.05) is 12.1 Å². The van der Waals surface area contributed by atoms with E-state index in [1.807, 2.05) is 51.1 Å². The number of carbonyl (C=O) groups excluding carboxylic acids is 1. The van der Waals surface area contributed by atoms with Crippen molar-refractivity contribution < 1.29 is 14.3 Å². The zero-order valence-corrected chi connectivity index (χ0v) is 15.2. The van der Waals surface area contributed by atoms with Gasteiger partial charge in [0, 0.05) is 22.0 Å². The van der Waals surface area contributed by atoms with E-state index in [4.69, 9.17) is 9.47 Å². The Kier molecular flexibility index (Phi) is 4.75. The topological polar surface area (TPSA) is 73.3 Å². The first-order valence-corrected chi connectivity index (χ1v) is 8.25. The molecule has 1 amide bonds. The Labute approximate surface area is 152 Å². The first-order valence-electron chi connectivity index (χ1n) is 8.25. The third-order valence-corrected chi connectivity index (χ3v) is 3.67. The first kappa shape index (κ1) is 17.7. The smallest absolute Gasteiger partial charge is 0.412 e. The van der Waals surface area contributed by atoms with E-state index in [9.17, 15) is 4.79 Å². The summed E-state index contributed by atoms with van der Waals surface area (Å²) in [6, 6.07) is 13.2. The molecule has 0 fully saturated rings. The normalized spacial score (nSPS) is 11.2. The van der Waals surface area contributed by atoms with E-state index in [0.717, 1.165) is 27.8 Å². The summed E-state index contributed by atoms with van der Waals surface area (Å²) in [5.74, 6) is 0.759. The molecule has 0 bridgehead atoms. The molecule has 3 aromatic rings. The van der Waals surface area contributed by atoms with Crippen molar-refractivity contribution >= 4 is 22.6 Å². The van der Waals surface area contributed by atoms with Crippen LogP contribution >= 0.6 is 0 Å². The fourth-order valence-corrected chi connectivity index (χ4v) is 2.53. The molecular formula is C20H21N3O3. The SMILES string of the molecule is COc1ccc2cnnc(-c3ccc(NC(=O)OC(C)(C)C)cc3)c2c1. The molecule has 0 aliphatic carbocycles. The zero-order valence-electron chi connectivity index (χ0n) is 15.2. The van der Waals surface area contributed by atoms with Crippen LogP contribution in [0, 0.1) is 0 Å². The Morgan fingerprint density at radius 2 is 1.81 bits per heavy atom. The van der Waals surface area contributed by atoms with Crippen LogP contribution in [0.1, 0.15) is 20.8 Å². The van der Waals surface area contributed by atoms with Gasteiger partial charge in [0.05, 0.1) is 13.3 Å². The summed E-state index contributed by atoms with van der Waals surface area (Å²) in [6.45, 7) is 5.47. The van der Waals surface area contributed by atoms with Crippen LogP contribution in [0.15, 0.2) is 48.7 Å². The second-order valence-corrected chi connectivity index (χ2v) is 6.85. The maximum atomic E-state index is 11.9. The molecule has 3 rings (SSSR count). The van der Waals surface area contributed by atoms with Crippen LogP contribution in [-0.2, 0) is 4.74 Å². The molecule has 0 saturated heterocycles. The number of aromatic nitrogens is 2. The van der Waals surface area contributed by atoms with Crippen LogP contribution in [0.3, 0.4) is 0 Å². The predicted octanol–water partition coefficient (Wildman–Crippen LogP) is 4.65. The van der Waals surface area contributed by atoms with Crippen molar-refractivity contribution in [3.8, 4) is 17.0 Å². The summed E-state index contributed by atoms with van der Waals surface area (Å²) in [5.41, 5.74) is 1.76. The molecule has 0 unspecified atom stereocenters. The van der Waals surface area contributed by atoms with Crippen LogP contribution in [-0.4, -0.2) is 29.0 Å². The van der Waals surface area contributed by atoms with Gasteiger partial charge in [0.2, 0.25) is 0 Å². The Balaban J connectivity index is 1.87. The second-order valence-electron chi connectivity index (χ2n) is 6.85. The number of rotatable bonds is 3. The van der Waals surface area contributed by atoms with Gasteiger partial charge in [-0.15, -0.1) is 5.10 Å². The Morgan fingerprint density at radius 3 is 2.46 bits per heavy atom. The number of nitrogens with one attached hydrogen (secondary N) is 1. The minimum Gasteiger partial charge on any atom is -0.497 e. The molecule has 2 aromatic carbocycles. The quantitative estimate of drug-likeness (QED) is 0.743. The molecule has 0 spiro atoms. The van der Waals surface area contributed by atoms with Gasteiger partial charge < -0.3 is 9.47 Å². The lowest BCUT2D eigenvalue weighted by atomic mass is 10.0. The van der Waals surface area contributed by atoms with Crippen molar-refractivity contribution in [3.63, 3.8) is 0 Å². The molecule has 0 aliphatic heterocycles. The van der Waals surface area contributed by atoms with E-state index in [-0.39, 0.29) is 0 Å². The molecule has 0 radical (unpaired) electrons. The molecule has 0 atom stereocenters. The molecular weight excluding hydrogens is 330 g/mol. The van der Waals surface area contributed by atoms with Crippen LogP contribution in [0.2, 0.25) is 0 Å². The Hall–Kier alpha value is -3.15. The summed E-state index contributed by atoms with van der Waals surface area (Å²) in [6.07, 6.45) is 1.23. The van der Waals surface area contributed by atoms with E-state index < -0.39 is 11.7 Å². The molecule has 26 heavy (non-hydrogen) atoms. The average Bonchev–Trinajstić information content (AvgIpc) is 2.60. The number of amides is 1. The number of hydrogen-bond acceptors (Lipinski definition) is 5. The fourth-order valence-electron chi connectivity index (χ4n) is 2.53. The average molecular weight is 351 g/mol. The van der Waals surface area contributed by atoms with E-state index in [0.29, 0.717) is 5.69 Å². The lowest BCUT2D eigenvalue weighted by molar-refractivity contribution is 0.0636. The van der Waals surface area contributed by atoms with Crippen molar-refractivity contribution in [1.82, 2.24) is 10.2 Å². The van der Waals surface area contributed by atoms with Gasteiger partial charge in [0.15, 0.2) is 0 Å². The van der Waals surface area contributed by atoms with Crippen molar-refractivity contribution in [2.75, 3.05) is 12.4 Å². The number of fused-ring (bicyclic) bond motifs is 1. The van der Waals surface area contributed by atoms with E-state index in [1.54, 1.807) is 25.4 Å². The van der Waals surface area contributed by atoms with Gasteiger partial charge in [0.25, 0.3) is 0 Å². The lowest BCUT2D eigenvalue weighted by Gasteiger charge is -2.19. The molecule has 6 nitrogen and oxygen atoms in total. The third kappa shape index (κ3) is 4.08. The number of methoxy groups -OCH3 is 1. The first-order chi connectivity index (χ1) is 12.4. The number of nitrogens with zero attached hydrogens (tertiary/aromatic N) is 2. The monoisotopic (exact) mass is 351 g/mol. The zero-order chi connectivity index (χ0) is 18.7. The number of carbonyl (C=O) groups is 1. The predicted molar refractivity (Wildman–Crippen MR) is 101 cm³/mol. The summed E-state index contributed by atoms with van der Waals surface area (Å²) in [4.78, 5) is 11.9. The van der Waals surface area contributed by atoms with Crippen molar-refractivity contribution in [2.24, 2.45) is 0 Å². The van der Waals surface area contributed by atoms with Crippen LogP contribution < -0.4 is 10.1 Å². The van der Waals surface area contributed by atoms with E-state index >= 15 is 0 Å². The van der Waals surface area contributed by atoms with Crippen molar-refractivity contribution in [3.05, 3.63) is 48.7 Å². The number of anilines is 1. The highest BCUT2D eigenvalue weighted by molar-refractivity contribution is 5.95. The molecule has 0 saturated carbocycles. The molecule has 1 heterocycles. The van der Waals surface area contributed by atoms with Gasteiger partial charge in [-0.3, -0.25) is 5.32 Å². The lowest BCUT2D eigenvalue weighted by Crippen LogP contribution is -2.27. The molecule has 0 aliphatic rings. The number of ether oxygens (including phenoxy) is 2. The third-order valence-electron chi connectivity index (χ3n) is 3.67. The highest BCUT2D eigenvalue weighted by Crippen LogP contribution is 2.29. The van der Waals surface area contributed by atoms with Gasteiger partial charge in [-0.2, -0.15) is 5.10 Å². The second kappa shape index (κ2) is 7.00. The largest absolute Gasteiger partial charge is 0.497 e. The highest BCUT2D eigenvalue weighted by atomic mass is 16.6. The van der Waals surface area contributed by atoms with Crippen LogP contribution in [0.5, 0.6) is 5.75 Å². The summed E-state index contributed by atoms with van der Waals surface area (Å²) < 4.78 is 10.6. The Bertz CT molecular complexity index is 931. The van der Waals surface area contributed by atoms with Crippen LogP contribution in [0.25, 0.3) is 22.0 Å².